The van der Waals surface area contributed by atoms with E-state index in [-0.39, 0.29) is 5.60 Å². The number of ether oxygens (including phenoxy) is 1. The van der Waals surface area contributed by atoms with Crippen molar-refractivity contribution in [3.05, 3.63) is 0 Å². The normalized spacial score (nSPS) is 16.6. The maximum atomic E-state index is 5.80. The number of likely N-dealkylation sites (N-methyl/N-ethyl adjacent to an activating group) is 1. The van der Waals surface area contributed by atoms with Crippen molar-refractivity contribution in [2.24, 2.45) is 0 Å². The second-order valence-corrected chi connectivity index (χ2v) is 3.57. The lowest BCUT2D eigenvalue weighted by molar-refractivity contribution is -0.0523. The van der Waals surface area contributed by atoms with Crippen LogP contribution in [0.15, 0.2) is 0 Å². The molecular formula is C12H23NO. The van der Waals surface area contributed by atoms with Crippen LogP contribution in [0.5, 0.6) is 0 Å². The Morgan fingerprint density at radius 2 is 2.07 bits per heavy atom. The molecule has 82 valence electrons. The second kappa shape index (κ2) is 6.86. The molecule has 0 amide bonds. The summed E-state index contributed by atoms with van der Waals surface area (Å²) in [5.41, 5.74) is -0.104. The van der Waals surface area contributed by atoms with Gasteiger partial charge in [-0.3, -0.25) is 0 Å². The van der Waals surface area contributed by atoms with E-state index in [4.69, 9.17) is 4.74 Å². The van der Waals surface area contributed by atoms with Gasteiger partial charge in [0.2, 0.25) is 0 Å². The molecule has 2 nitrogen and oxygen atoms in total. The zero-order valence-electron chi connectivity index (χ0n) is 10.1. The highest BCUT2D eigenvalue weighted by Gasteiger charge is 2.31. The van der Waals surface area contributed by atoms with Gasteiger partial charge in [0, 0.05) is 19.1 Å². The highest BCUT2D eigenvalue weighted by Crippen LogP contribution is 2.21. The third kappa shape index (κ3) is 3.69. The van der Waals surface area contributed by atoms with Crippen LogP contribution in [0.3, 0.4) is 0 Å². The first kappa shape index (κ1) is 13.5. The lowest BCUT2D eigenvalue weighted by atomic mass is 9.91. The van der Waals surface area contributed by atoms with Crippen LogP contribution in [0, 0.1) is 11.8 Å². The highest BCUT2D eigenvalue weighted by atomic mass is 16.5. The summed E-state index contributed by atoms with van der Waals surface area (Å²) >= 11 is 0. The maximum Gasteiger partial charge on any atom is 0.0813 e. The SMILES string of the molecule is CC#CCC(NC)C(C)(CC)OCC. The number of hydrogen-bond acceptors (Lipinski definition) is 2. The minimum absolute atomic E-state index is 0.104. The van der Waals surface area contributed by atoms with Gasteiger partial charge in [0.05, 0.1) is 5.60 Å². The van der Waals surface area contributed by atoms with Crippen LogP contribution >= 0.6 is 0 Å². The van der Waals surface area contributed by atoms with E-state index in [1.54, 1.807) is 0 Å². The fourth-order valence-electron chi connectivity index (χ4n) is 1.61. The van der Waals surface area contributed by atoms with Gasteiger partial charge in [-0.15, -0.1) is 11.8 Å². The van der Waals surface area contributed by atoms with Crippen LogP contribution < -0.4 is 5.32 Å². The van der Waals surface area contributed by atoms with E-state index in [0.29, 0.717) is 6.04 Å². The molecule has 0 bridgehead atoms. The molecule has 0 aliphatic carbocycles. The fourth-order valence-corrected chi connectivity index (χ4v) is 1.61. The van der Waals surface area contributed by atoms with Crippen molar-refractivity contribution in [2.45, 2.75) is 52.2 Å². The third-order valence-electron chi connectivity index (χ3n) is 2.74. The molecule has 0 aromatic heterocycles. The Hall–Kier alpha value is -0.520. The van der Waals surface area contributed by atoms with Crippen molar-refractivity contribution in [1.82, 2.24) is 5.32 Å². The fraction of sp³-hybridized carbons (Fsp3) is 0.833. The first-order valence-corrected chi connectivity index (χ1v) is 5.35. The molecule has 0 aromatic rings. The molecule has 0 spiro atoms. The lowest BCUT2D eigenvalue weighted by Gasteiger charge is -2.35. The molecule has 1 N–H and O–H groups in total. The van der Waals surface area contributed by atoms with Crippen LogP contribution in [0.25, 0.3) is 0 Å². The molecule has 2 heteroatoms. The first-order valence-electron chi connectivity index (χ1n) is 5.35. The van der Waals surface area contributed by atoms with Gasteiger partial charge in [-0.1, -0.05) is 6.92 Å². The highest BCUT2D eigenvalue weighted by molar-refractivity contribution is 5.02. The molecule has 0 radical (unpaired) electrons. The zero-order chi connectivity index (χ0) is 11.0. The standard InChI is InChI=1S/C12H23NO/c1-6-9-10-11(13-5)12(4,7-2)14-8-3/h11,13H,7-8,10H2,1-5H3. The molecule has 0 aliphatic heterocycles. The summed E-state index contributed by atoms with van der Waals surface area (Å²) in [4.78, 5) is 0. The summed E-state index contributed by atoms with van der Waals surface area (Å²) in [7, 11) is 1.97. The summed E-state index contributed by atoms with van der Waals surface area (Å²) in [5, 5.41) is 3.29. The molecule has 0 heterocycles. The van der Waals surface area contributed by atoms with Crippen LogP contribution in [0.4, 0.5) is 0 Å². The van der Waals surface area contributed by atoms with Gasteiger partial charge in [0.25, 0.3) is 0 Å². The average molecular weight is 197 g/mol. The smallest absolute Gasteiger partial charge is 0.0813 e. The quantitative estimate of drug-likeness (QED) is 0.659. The lowest BCUT2D eigenvalue weighted by Crippen LogP contribution is -2.48. The Bertz CT molecular complexity index is 204. The van der Waals surface area contributed by atoms with Crippen molar-refractivity contribution in [2.75, 3.05) is 13.7 Å². The average Bonchev–Trinajstić information content (AvgIpc) is 2.19. The van der Waals surface area contributed by atoms with Crippen LogP contribution in [0.2, 0.25) is 0 Å². The van der Waals surface area contributed by atoms with Gasteiger partial charge >= 0.3 is 0 Å². The third-order valence-corrected chi connectivity index (χ3v) is 2.74. The monoisotopic (exact) mass is 197 g/mol. The van der Waals surface area contributed by atoms with Crippen molar-refractivity contribution in [3.8, 4) is 11.8 Å². The van der Waals surface area contributed by atoms with Gasteiger partial charge < -0.3 is 10.1 Å². The molecule has 0 saturated carbocycles. The van der Waals surface area contributed by atoms with E-state index in [1.807, 2.05) is 20.9 Å². The van der Waals surface area contributed by atoms with Gasteiger partial charge in [0.1, 0.15) is 0 Å². The van der Waals surface area contributed by atoms with Crippen molar-refractivity contribution in [1.29, 1.82) is 0 Å². The molecular weight excluding hydrogens is 174 g/mol. The van der Waals surface area contributed by atoms with Gasteiger partial charge in [0.15, 0.2) is 0 Å². The number of hydrogen-bond donors (Lipinski definition) is 1. The van der Waals surface area contributed by atoms with Crippen LogP contribution in [-0.4, -0.2) is 25.3 Å². The van der Waals surface area contributed by atoms with E-state index in [0.717, 1.165) is 19.4 Å². The minimum Gasteiger partial charge on any atom is -0.374 e. The molecule has 0 aromatic carbocycles. The summed E-state index contributed by atoms with van der Waals surface area (Å²) in [5.74, 6) is 6.03. The van der Waals surface area contributed by atoms with Crippen LogP contribution in [0.1, 0.15) is 40.5 Å². The molecule has 2 unspecified atom stereocenters. The summed E-state index contributed by atoms with van der Waals surface area (Å²) < 4.78 is 5.80. The summed E-state index contributed by atoms with van der Waals surface area (Å²) in [6.07, 6.45) is 1.84. The zero-order valence-corrected chi connectivity index (χ0v) is 10.1. The van der Waals surface area contributed by atoms with Gasteiger partial charge in [-0.2, -0.15) is 0 Å². The number of nitrogens with one attached hydrogen (secondary N) is 1. The predicted molar refractivity (Wildman–Crippen MR) is 61.2 cm³/mol. The Kier molecular flexibility index (Phi) is 6.61. The Balaban J connectivity index is 4.46. The van der Waals surface area contributed by atoms with Crippen molar-refractivity contribution in [3.63, 3.8) is 0 Å². The summed E-state index contributed by atoms with van der Waals surface area (Å²) in [6.45, 7) is 8.96. The van der Waals surface area contributed by atoms with E-state index in [1.165, 1.54) is 0 Å². The second-order valence-electron chi connectivity index (χ2n) is 3.57. The minimum atomic E-state index is -0.104. The number of rotatable bonds is 6. The van der Waals surface area contributed by atoms with Crippen molar-refractivity contribution < 1.29 is 4.74 Å². The Morgan fingerprint density at radius 1 is 1.43 bits per heavy atom. The molecule has 14 heavy (non-hydrogen) atoms. The van der Waals surface area contributed by atoms with Gasteiger partial charge in [-0.05, 0) is 34.2 Å². The van der Waals surface area contributed by atoms with Gasteiger partial charge in [-0.25, -0.2) is 0 Å². The van der Waals surface area contributed by atoms with E-state index < -0.39 is 0 Å². The van der Waals surface area contributed by atoms with Crippen LogP contribution in [-0.2, 0) is 4.74 Å². The van der Waals surface area contributed by atoms with Crippen molar-refractivity contribution >= 4 is 0 Å². The largest absolute Gasteiger partial charge is 0.374 e. The Labute approximate surface area is 88.4 Å². The topological polar surface area (TPSA) is 21.3 Å². The molecule has 0 rings (SSSR count). The van der Waals surface area contributed by atoms with E-state index in [9.17, 15) is 0 Å². The molecule has 0 aliphatic rings. The van der Waals surface area contributed by atoms with E-state index in [2.05, 4.69) is 31.0 Å². The summed E-state index contributed by atoms with van der Waals surface area (Å²) in [6, 6.07) is 0.305. The Morgan fingerprint density at radius 3 is 2.43 bits per heavy atom. The molecule has 0 saturated heterocycles. The molecule has 0 fully saturated rings. The molecule has 2 atom stereocenters. The first-order chi connectivity index (χ1) is 6.64. The predicted octanol–water partition coefficient (Wildman–Crippen LogP) is 2.19. The van der Waals surface area contributed by atoms with E-state index >= 15 is 0 Å². The maximum absolute atomic E-state index is 5.80.